The number of pyridine rings is 2. The molecule has 55 heavy (non-hydrogen) atoms. The number of rotatable bonds is 10. The molecule has 0 aliphatic carbocycles. The van der Waals surface area contributed by atoms with E-state index in [0.29, 0.717) is 34.0 Å². The van der Waals surface area contributed by atoms with E-state index in [-0.39, 0.29) is 16.9 Å². The lowest BCUT2D eigenvalue weighted by Crippen LogP contribution is -2.04. The lowest BCUT2D eigenvalue weighted by molar-refractivity contribution is 0.0687. The minimum Gasteiger partial charge on any atom is -0.497 e. The van der Waals surface area contributed by atoms with Gasteiger partial charge in [-0.3, -0.25) is 9.97 Å². The summed E-state index contributed by atoms with van der Waals surface area (Å²) in [5.41, 5.74) is 9.13. The van der Waals surface area contributed by atoms with Crippen LogP contribution in [0.25, 0.3) is 33.6 Å². The maximum Gasteiger partial charge on any atom is 0.337 e. The first-order valence-corrected chi connectivity index (χ1v) is 17.2. The molecule has 4 N–H and O–H groups in total. The number of halogens is 1. The van der Waals surface area contributed by atoms with Crippen LogP contribution in [0.2, 0.25) is 0 Å². The van der Waals surface area contributed by atoms with Gasteiger partial charge in [-0.05, 0) is 86.1 Å². The molecule has 9 nitrogen and oxygen atoms in total. The number of benzene rings is 5. The fourth-order valence-electron chi connectivity index (χ4n) is 5.87. The molecule has 0 atom stereocenters. The van der Waals surface area contributed by atoms with Crippen LogP contribution in [-0.2, 0) is 0 Å². The van der Waals surface area contributed by atoms with Crippen molar-refractivity contribution in [2.75, 3.05) is 17.7 Å². The topological polar surface area (TPSA) is 134 Å². The fourth-order valence-corrected chi connectivity index (χ4v) is 5.87. The molecule has 0 bridgehead atoms. The molecule has 7 aromatic rings. The molecule has 2 heterocycles. The van der Waals surface area contributed by atoms with E-state index in [9.17, 15) is 24.2 Å². The number of anilines is 4. The Morgan fingerprint density at radius 3 is 1.80 bits per heavy atom. The number of hydrogen-bond acceptors (Lipinski definition) is 7. The first kappa shape index (κ1) is 37.4. The number of methoxy groups -OCH3 is 1. The molecule has 0 spiro atoms. The molecule has 0 aliphatic rings. The van der Waals surface area contributed by atoms with E-state index in [1.54, 1.807) is 74.1 Å². The normalized spacial score (nSPS) is 10.5. The molecule has 5 aromatic carbocycles. The average Bonchev–Trinajstić information content (AvgIpc) is 3.20. The van der Waals surface area contributed by atoms with Gasteiger partial charge < -0.3 is 25.6 Å². The van der Waals surface area contributed by atoms with Crippen LogP contribution >= 0.6 is 0 Å². The molecule has 0 amide bonds. The third-order valence-electron chi connectivity index (χ3n) is 8.60. The highest BCUT2D eigenvalue weighted by molar-refractivity contribution is 5.96. The first-order chi connectivity index (χ1) is 26.6. The van der Waals surface area contributed by atoms with Gasteiger partial charge in [0.05, 0.1) is 64.8 Å². The molecule has 0 aliphatic heterocycles. The highest BCUT2D eigenvalue weighted by Crippen LogP contribution is 2.35. The van der Waals surface area contributed by atoms with Crippen molar-refractivity contribution in [3.8, 4) is 39.4 Å². The summed E-state index contributed by atoms with van der Waals surface area (Å²) in [4.78, 5) is 32.0. The summed E-state index contributed by atoms with van der Waals surface area (Å²) >= 11 is 0. The summed E-state index contributed by atoms with van der Waals surface area (Å²) in [6.45, 7) is 3.70. The molecule has 10 heteroatoms. The largest absolute Gasteiger partial charge is 0.497 e. The predicted molar refractivity (Wildman–Crippen MR) is 214 cm³/mol. The summed E-state index contributed by atoms with van der Waals surface area (Å²) in [7, 11) is 1.64. The molecule has 0 fully saturated rings. The number of carboxylic acid groups (broad SMARTS) is 2. The Hall–Kier alpha value is -7.33. The molecular formula is C45H37FN4O5. The summed E-state index contributed by atoms with van der Waals surface area (Å²) in [6, 6.07) is 40.0. The van der Waals surface area contributed by atoms with E-state index in [0.717, 1.165) is 39.3 Å². The minimum absolute atomic E-state index is 0.188. The molecule has 274 valence electrons. The van der Waals surface area contributed by atoms with Crippen molar-refractivity contribution in [1.82, 2.24) is 9.97 Å². The summed E-state index contributed by atoms with van der Waals surface area (Å²) in [5.74, 6) is -1.56. The number of aryl methyl sites for hydroxylation is 2. The summed E-state index contributed by atoms with van der Waals surface area (Å²) < 4.78 is 19.2. The van der Waals surface area contributed by atoms with E-state index in [1.807, 2.05) is 86.6 Å². The van der Waals surface area contributed by atoms with Gasteiger partial charge in [-0.2, -0.15) is 0 Å². The van der Waals surface area contributed by atoms with Gasteiger partial charge in [-0.1, -0.05) is 77.9 Å². The number of aromatic carboxylic acids is 2. The Morgan fingerprint density at radius 2 is 1.20 bits per heavy atom. The predicted octanol–water partition coefficient (Wildman–Crippen LogP) is 10.8. The Balaban J connectivity index is 0.000000193. The maximum atomic E-state index is 13.8. The second-order valence-corrected chi connectivity index (χ2v) is 12.6. The van der Waals surface area contributed by atoms with Crippen LogP contribution in [-0.4, -0.2) is 39.2 Å². The van der Waals surface area contributed by atoms with Crippen LogP contribution < -0.4 is 15.4 Å². The molecule has 0 radical (unpaired) electrons. The van der Waals surface area contributed by atoms with Crippen LogP contribution in [0, 0.1) is 19.7 Å². The third kappa shape index (κ3) is 9.19. The van der Waals surface area contributed by atoms with Crippen molar-refractivity contribution in [2.45, 2.75) is 13.8 Å². The third-order valence-corrected chi connectivity index (χ3v) is 8.60. The fraction of sp³-hybridized carbons (Fsp3) is 0.0667. The van der Waals surface area contributed by atoms with Crippen molar-refractivity contribution in [3.05, 3.63) is 174 Å². The Bertz CT molecular complexity index is 2470. The van der Waals surface area contributed by atoms with Crippen LogP contribution in [0.5, 0.6) is 5.75 Å². The van der Waals surface area contributed by atoms with Gasteiger partial charge in [0.1, 0.15) is 11.6 Å². The molecule has 2 aromatic heterocycles. The van der Waals surface area contributed by atoms with Gasteiger partial charge in [0.15, 0.2) is 0 Å². The number of aromatic nitrogens is 2. The van der Waals surface area contributed by atoms with E-state index < -0.39 is 11.9 Å². The first-order valence-electron chi connectivity index (χ1n) is 17.2. The molecule has 7 rings (SSSR count). The number of carbonyl (C=O) groups is 2. The van der Waals surface area contributed by atoms with Crippen LogP contribution in [0.1, 0.15) is 31.8 Å². The van der Waals surface area contributed by atoms with Crippen molar-refractivity contribution < 1.29 is 28.9 Å². The second kappa shape index (κ2) is 17.0. The van der Waals surface area contributed by atoms with E-state index in [2.05, 4.69) is 15.6 Å². The zero-order chi connectivity index (χ0) is 38.9. The van der Waals surface area contributed by atoms with E-state index in [4.69, 9.17) is 9.72 Å². The Kier molecular flexibility index (Phi) is 11.6. The van der Waals surface area contributed by atoms with Gasteiger partial charge in [0.2, 0.25) is 0 Å². The van der Waals surface area contributed by atoms with Crippen LogP contribution in [0.3, 0.4) is 0 Å². The second-order valence-electron chi connectivity index (χ2n) is 12.6. The van der Waals surface area contributed by atoms with Crippen molar-refractivity contribution in [1.29, 1.82) is 0 Å². The van der Waals surface area contributed by atoms with Gasteiger partial charge in [0, 0.05) is 16.7 Å². The zero-order valence-electron chi connectivity index (χ0n) is 30.2. The summed E-state index contributed by atoms with van der Waals surface area (Å²) in [6.07, 6.45) is 3.26. The van der Waals surface area contributed by atoms with Gasteiger partial charge in [-0.25, -0.2) is 14.0 Å². The highest BCUT2D eigenvalue weighted by atomic mass is 19.1. The lowest BCUT2D eigenvalue weighted by atomic mass is 9.98. The standard InChI is InChI=1S/C26H22N2O3.C19H15FN2O2/c1-17-11-12-24(23(13-17)26(29)30)28-20-15-22(18-7-4-3-5-8-18)25(27-16-20)19-9-6-10-21(14-19)31-2;1-12-6-8-18(15(10-12)19(23)24)22-13-7-9-17(21-11-13)14-4-2-3-5-16(14)20/h3-16,28H,1-2H3,(H,29,30);2-11,22H,1H3,(H,23,24). The minimum atomic E-state index is -1.00. The SMILES string of the molecule is COc1cccc(-c2ncc(Nc3ccc(C)cc3C(=O)O)cc2-c2ccccc2)c1.Cc1ccc(Nc2ccc(-c3ccccc3F)nc2)c(C(=O)O)c1. The Morgan fingerprint density at radius 1 is 0.600 bits per heavy atom. The molecule has 0 saturated heterocycles. The van der Waals surface area contributed by atoms with Crippen LogP contribution in [0.4, 0.5) is 27.1 Å². The summed E-state index contributed by atoms with van der Waals surface area (Å²) in [5, 5.41) is 25.1. The van der Waals surface area contributed by atoms with E-state index in [1.165, 1.54) is 6.07 Å². The highest BCUT2D eigenvalue weighted by Gasteiger charge is 2.15. The number of nitrogens with zero attached hydrogens (tertiary/aromatic N) is 2. The van der Waals surface area contributed by atoms with Crippen molar-refractivity contribution in [3.63, 3.8) is 0 Å². The molecular weight excluding hydrogens is 696 g/mol. The monoisotopic (exact) mass is 732 g/mol. The number of nitrogens with one attached hydrogen (secondary N) is 2. The maximum absolute atomic E-state index is 13.8. The molecule has 0 unspecified atom stereocenters. The number of ether oxygens (including phenoxy) is 1. The smallest absolute Gasteiger partial charge is 0.337 e. The van der Waals surface area contributed by atoms with Gasteiger partial charge >= 0.3 is 11.9 Å². The van der Waals surface area contributed by atoms with Gasteiger partial charge in [0.25, 0.3) is 0 Å². The quantitative estimate of drug-likeness (QED) is 0.108. The lowest BCUT2D eigenvalue weighted by Gasteiger charge is -2.15. The zero-order valence-corrected chi connectivity index (χ0v) is 30.2. The average molecular weight is 733 g/mol. The Labute approximate surface area is 317 Å². The number of carboxylic acids is 2. The van der Waals surface area contributed by atoms with Crippen LogP contribution in [0.15, 0.2) is 146 Å². The number of hydrogen-bond donors (Lipinski definition) is 4. The van der Waals surface area contributed by atoms with Gasteiger partial charge in [-0.15, -0.1) is 0 Å². The van der Waals surface area contributed by atoms with Crippen molar-refractivity contribution in [2.24, 2.45) is 0 Å². The van der Waals surface area contributed by atoms with E-state index >= 15 is 0 Å². The molecule has 0 saturated carbocycles. The van der Waals surface area contributed by atoms with Crippen molar-refractivity contribution >= 4 is 34.7 Å².